The molecule has 1 saturated carbocycles. The Balaban J connectivity index is 1.75. The van der Waals surface area contributed by atoms with Gasteiger partial charge in [-0.3, -0.25) is 0 Å². The molecule has 0 aromatic carbocycles. The number of nitrogens with zero attached hydrogens (tertiary/aromatic N) is 1. The maximum absolute atomic E-state index is 3.91. The lowest BCUT2D eigenvalue weighted by molar-refractivity contribution is 0.142. The van der Waals surface area contributed by atoms with Crippen LogP contribution in [-0.4, -0.2) is 37.1 Å². The van der Waals surface area contributed by atoms with E-state index in [2.05, 4.69) is 24.2 Å². The van der Waals surface area contributed by atoms with Crippen LogP contribution in [0.3, 0.4) is 0 Å². The van der Waals surface area contributed by atoms with Gasteiger partial charge >= 0.3 is 0 Å². The Bertz CT molecular complexity index is 217. The topological polar surface area (TPSA) is 15.3 Å². The summed E-state index contributed by atoms with van der Waals surface area (Å²) in [5.41, 5.74) is 0. The normalized spacial score (nSPS) is 51.2. The number of piperidine rings is 1. The standard InChI is InChI=1S/C13H24N2/c1-9-3-4-12-10(7-9)11-8-15(2)6-5-13(11)14-12/h9-14H,3-8H2,1-2H3. The smallest absolute Gasteiger partial charge is 0.0126 e. The molecule has 2 nitrogen and oxygen atoms in total. The molecule has 2 heteroatoms. The fourth-order valence-corrected chi connectivity index (χ4v) is 4.17. The highest BCUT2D eigenvalue weighted by Crippen LogP contribution is 2.42. The number of likely N-dealkylation sites (tertiary alicyclic amines) is 1. The molecule has 3 aliphatic rings. The largest absolute Gasteiger partial charge is 0.311 e. The van der Waals surface area contributed by atoms with Gasteiger partial charge in [0.1, 0.15) is 0 Å². The minimum atomic E-state index is 0.849. The van der Waals surface area contributed by atoms with Gasteiger partial charge in [0.05, 0.1) is 0 Å². The van der Waals surface area contributed by atoms with Crippen LogP contribution in [0, 0.1) is 17.8 Å². The van der Waals surface area contributed by atoms with Crippen molar-refractivity contribution in [3.63, 3.8) is 0 Å². The van der Waals surface area contributed by atoms with Crippen molar-refractivity contribution in [1.82, 2.24) is 10.2 Å². The Morgan fingerprint density at radius 2 is 1.87 bits per heavy atom. The van der Waals surface area contributed by atoms with Crippen molar-refractivity contribution in [3.8, 4) is 0 Å². The number of rotatable bonds is 0. The molecule has 2 saturated heterocycles. The van der Waals surface area contributed by atoms with Crippen molar-refractivity contribution < 1.29 is 0 Å². The van der Waals surface area contributed by atoms with Crippen molar-refractivity contribution in [3.05, 3.63) is 0 Å². The number of nitrogens with one attached hydrogen (secondary N) is 1. The molecule has 1 aliphatic carbocycles. The summed E-state index contributed by atoms with van der Waals surface area (Å²) in [5.74, 6) is 2.91. The first-order valence-corrected chi connectivity index (χ1v) is 6.68. The maximum Gasteiger partial charge on any atom is 0.0126 e. The van der Waals surface area contributed by atoms with Crippen LogP contribution in [0.1, 0.15) is 32.6 Å². The summed E-state index contributed by atoms with van der Waals surface area (Å²) in [5, 5.41) is 3.91. The molecule has 5 unspecified atom stereocenters. The first-order chi connectivity index (χ1) is 7.24. The summed E-state index contributed by atoms with van der Waals surface area (Å²) in [7, 11) is 2.29. The van der Waals surface area contributed by atoms with E-state index in [4.69, 9.17) is 0 Å². The Hall–Kier alpha value is -0.0800. The van der Waals surface area contributed by atoms with E-state index in [0.29, 0.717) is 0 Å². The van der Waals surface area contributed by atoms with Gasteiger partial charge in [-0.25, -0.2) is 0 Å². The van der Waals surface area contributed by atoms with Gasteiger partial charge in [0.25, 0.3) is 0 Å². The third kappa shape index (κ3) is 1.72. The van der Waals surface area contributed by atoms with Gasteiger partial charge in [-0.05, 0) is 57.0 Å². The van der Waals surface area contributed by atoms with Crippen molar-refractivity contribution in [1.29, 1.82) is 0 Å². The summed E-state index contributed by atoms with van der Waals surface area (Å²) >= 11 is 0. The number of hydrogen-bond acceptors (Lipinski definition) is 2. The van der Waals surface area contributed by atoms with Gasteiger partial charge in [-0.1, -0.05) is 6.92 Å². The van der Waals surface area contributed by atoms with E-state index in [1.807, 2.05) is 0 Å². The SMILES string of the molecule is CC1CCC2NC3CCN(C)CC3C2C1. The molecule has 0 spiro atoms. The van der Waals surface area contributed by atoms with Gasteiger partial charge in [0.15, 0.2) is 0 Å². The van der Waals surface area contributed by atoms with Crippen LogP contribution in [0.2, 0.25) is 0 Å². The fraction of sp³-hybridized carbons (Fsp3) is 1.00. The monoisotopic (exact) mass is 208 g/mol. The summed E-state index contributed by atoms with van der Waals surface area (Å²) < 4.78 is 0. The third-order valence-electron chi connectivity index (χ3n) is 5.00. The summed E-state index contributed by atoms with van der Waals surface area (Å²) in [6.07, 6.45) is 5.74. The van der Waals surface area contributed by atoms with Crippen LogP contribution in [0.25, 0.3) is 0 Å². The minimum absolute atomic E-state index is 0.849. The fourth-order valence-electron chi connectivity index (χ4n) is 4.17. The van der Waals surface area contributed by atoms with Crippen LogP contribution in [0.5, 0.6) is 0 Å². The molecule has 2 heterocycles. The minimum Gasteiger partial charge on any atom is -0.311 e. The van der Waals surface area contributed by atoms with Gasteiger partial charge in [-0.2, -0.15) is 0 Å². The van der Waals surface area contributed by atoms with Crippen LogP contribution >= 0.6 is 0 Å². The van der Waals surface area contributed by atoms with E-state index in [0.717, 1.165) is 29.8 Å². The molecule has 3 fully saturated rings. The zero-order valence-electron chi connectivity index (χ0n) is 10.1. The summed E-state index contributed by atoms with van der Waals surface area (Å²) in [4.78, 5) is 2.53. The van der Waals surface area contributed by atoms with Gasteiger partial charge in [0, 0.05) is 18.6 Å². The molecule has 3 rings (SSSR count). The predicted octanol–water partition coefficient (Wildman–Crippen LogP) is 1.71. The highest BCUT2D eigenvalue weighted by molar-refractivity contribution is 5.02. The lowest BCUT2D eigenvalue weighted by Gasteiger charge is -2.37. The molecule has 0 bridgehead atoms. The Morgan fingerprint density at radius 1 is 1.07 bits per heavy atom. The molecule has 15 heavy (non-hydrogen) atoms. The van der Waals surface area contributed by atoms with Gasteiger partial charge in [0.2, 0.25) is 0 Å². The second-order valence-corrected chi connectivity index (χ2v) is 6.18. The second kappa shape index (κ2) is 3.74. The first kappa shape index (κ1) is 10.1. The zero-order chi connectivity index (χ0) is 10.4. The van der Waals surface area contributed by atoms with Crippen molar-refractivity contribution in [2.24, 2.45) is 17.8 Å². The van der Waals surface area contributed by atoms with E-state index in [1.165, 1.54) is 38.8 Å². The highest BCUT2D eigenvalue weighted by atomic mass is 15.2. The summed E-state index contributed by atoms with van der Waals surface area (Å²) in [6, 6.07) is 1.71. The maximum atomic E-state index is 3.91. The third-order valence-corrected chi connectivity index (χ3v) is 5.00. The molecule has 0 radical (unpaired) electrons. The van der Waals surface area contributed by atoms with Gasteiger partial charge in [-0.15, -0.1) is 0 Å². The van der Waals surface area contributed by atoms with E-state index < -0.39 is 0 Å². The number of hydrogen-bond donors (Lipinski definition) is 1. The van der Waals surface area contributed by atoms with E-state index >= 15 is 0 Å². The Labute approximate surface area is 93.4 Å². The molecule has 86 valence electrons. The quantitative estimate of drug-likeness (QED) is 0.652. The molecule has 5 atom stereocenters. The predicted molar refractivity (Wildman–Crippen MR) is 62.8 cm³/mol. The van der Waals surface area contributed by atoms with Crippen molar-refractivity contribution in [2.45, 2.75) is 44.7 Å². The van der Waals surface area contributed by atoms with Crippen molar-refractivity contribution >= 4 is 0 Å². The molecule has 0 aromatic rings. The Kier molecular flexibility index (Phi) is 2.52. The summed E-state index contributed by atoms with van der Waals surface area (Å²) in [6.45, 7) is 5.07. The average Bonchev–Trinajstić information content (AvgIpc) is 2.56. The average molecular weight is 208 g/mol. The Morgan fingerprint density at radius 3 is 2.73 bits per heavy atom. The molecule has 0 amide bonds. The molecule has 0 aromatic heterocycles. The number of fused-ring (bicyclic) bond motifs is 3. The lowest BCUT2D eigenvalue weighted by atomic mass is 9.73. The van der Waals surface area contributed by atoms with E-state index in [9.17, 15) is 0 Å². The molecular formula is C13H24N2. The van der Waals surface area contributed by atoms with Crippen molar-refractivity contribution in [2.75, 3.05) is 20.1 Å². The van der Waals surface area contributed by atoms with Crippen LogP contribution in [-0.2, 0) is 0 Å². The lowest BCUT2D eigenvalue weighted by Crippen LogP contribution is -2.43. The molecule has 2 aliphatic heterocycles. The second-order valence-electron chi connectivity index (χ2n) is 6.18. The van der Waals surface area contributed by atoms with Crippen LogP contribution in [0.15, 0.2) is 0 Å². The zero-order valence-corrected chi connectivity index (χ0v) is 10.1. The van der Waals surface area contributed by atoms with Crippen LogP contribution in [0.4, 0.5) is 0 Å². The van der Waals surface area contributed by atoms with E-state index in [-0.39, 0.29) is 0 Å². The van der Waals surface area contributed by atoms with E-state index in [1.54, 1.807) is 0 Å². The first-order valence-electron chi connectivity index (χ1n) is 6.68. The van der Waals surface area contributed by atoms with Crippen LogP contribution < -0.4 is 5.32 Å². The molecular weight excluding hydrogens is 184 g/mol. The van der Waals surface area contributed by atoms with Gasteiger partial charge < -0.3 is 10.2 Å². The highest BCUT2D eigenvalue weighted by Gasteiger charge is 2.46. The molecule has 1 N–H and O–H groups in total.